The average Bonchev–Trinajstić information content (AvgIpc) is 2.98. The summed E-state index contributed by atoms with van der Waals surface area (Å²) in [5, 5.41) is 0. The van der Waals surface area contributed by atoms with E-state index in [4.69, 9.17) is 0 Å². The summed E-state index contributed by atoms with van der Waals surface area (Å²) < 4.78 is 0. The highest BCUT2D eigenvalue weighted by molar-refractivity contribution is 5.44. The molecule has 1 fully saturated rings. The van der Waals surface area contributed by atoms with Crippen LogP contribution in [0.5, 0.6) is 0 Å². The summed E-state index contributed by atoms with van der Waals surface area (Å²) in [5.74, 6) is 0. The van der Waals surface area contributed by atoms with Crippen molar-refractivity contribution in [1.29, 1.82) is 0 Å². The molecule has 0 aromatic rings. The van der Waals surface area contributed by atoms with Crippen LogP contribution in [0.4, 0.5) is 0 Å². The molecule has 0 aliphatic heterocycles. The predicted molar refractivity (Wildman–Crippen MR) is 78.2 cm³/mol. The van der Waals surface area contributed by atoms with Crippen molar-refractivity contribution in [1.82, 2.24) is 9.80 Å². The molecule has 2 heteroatoms. The fraction of sp³-hybridized carbons (Fsp3) is 0.688. The summed E-state index contributed by atoms with van der Waals surface area (Å²) in [5.41, 5.74) is 1.96. The monoisotopic (exact) mass is 247 g/mol. The van der Waals surface area contributed by atoms with Gasteiger partial charge in [-0.1, -0.05) is 26.0 Å². The van der Waals surface area contributed by atoms with Crippen molar-refractivity contribution in [3.8, 4) is 0 Å². The molecule has 0 heterocycles. The summed E-state index contributed by atoms with van der Waals surface area (Å²) in [4.78, 5) is 4.93. The molecule has 0 bridgehead atoms. The first-order valence-electron chi connectivity index (χ1n) is 7.28. The van der Waals surface area contributed by atoms with Gasteiger partial charge >= 0.3 is 0 Å². The van der Waals surface area contributed by atoms with Crippen LogP contribution in [-0.2, 0) is 0 Å². The summed E-state index contributed by atoms with van der Waals surface area (Å²) in [7, 11) is 0. The van der Waals surface area contributed by atoms with E-state index in [9.17, 15) is 0 Å². The highest BCUT2D eigenvalue weighted by Crippen LogP contribution is 2.63. The molecule has 2 rings (SSSR count). The largest absolute Gasteiger partial charge is 0.372 e. The zero-order chi connectivity index (χ0) is 13.4. The number of likely N-dealkylation sites (N-methyl/N-ethyl adjacent to an activating group) is 2. The molecule has 0 aromatic heterocycles. The Hall–Kier alpha value is -0.760. The maximum Gasteiger partial charge on any atom is 0.0493 e. The van der Waals surface area contributed by atoms with Crippen LogP contribution in [0.15, 0.2) is 23.9 Å². The van der Waals surface area contributed by atoms with Gasteiger partial charge in [0.25, 0.3) is 0 Å². The lowest BCUT2D eigenvalue weighted by atomic mass is 9.93. The molecule has 18 heavy (non-hydrogen) atoms. The van der Waals surface area contributed by atoms with Gasteiger partial charge in [0.15, 0.2) is 0 Å². The van der Waals surface area contributed by atoms with Gasteiger partial charge in [0, 0.05) is 29.7 Å². The maximum absolute atomic E-state index is 4.08. The van der Waals surface area contributed by atoms with Crippen molar-refractivity contribution in [2.24, 2.45) is 5.41 Å². The lowest BCUT2D eigenvalue weighted by molar-refractivity contribution is 0.214. The molecule has 1 radical (unpaired) electrons. The molecule has 0 N–H and O–H groups in total. The van der Waals surface area contributed by atoms with Gasteiger partial charge in [-0.15, -0.1) is 0 Å². The Morgan fingerprint density at radius 2 is 1.89 bits per heavy atom. The van der Waals surface area contributed by atoms with Crippen LogP contribution in [0.1, 0.15) is 34.1 Å². The van der Waals surface area contributed by atoms with Gasteiger partial charge in [-0.2, -0.15) is 0 Å². The molecule has 101 valence electrons. The first-order chi connectivity index (χ1) is 8.56. The van der Waals surface area contributed by atoms with Crippen molar-refractivity contribution in [3.05, 3.63) is 30.8 Å². The summed E-state index contributed by atoms with van der Waals surface area (Å²) in [6.07, 6.45) is 8.47. The lowest BCUT2D eigenvalue weighted by Gasteiger charge is -2.35. The standard InChI is InChI=1S/C16H27N2/c1-6-17(7-2)14-10-11-16(18(8-3)9-4)13-15(16,5)12-14/h10-12H,3,6-9,13H2,1-2,4-5H3. The third-order valence-corrected chi connectivity index (χ3v) is 4.84. The van der Waals surface area contributed by atoms with Crippen LogP contribution in [0.2, 0.25) is 0 Å². The summed E-state index contributed by atoms with van der Waals surface area (Å²) in [6.45, 7) is 17.3. The Morgan fingerprint density at radius 3 is 2.33 bits per heavy atom. The molecular weight excluding hydrogens is 220 g/mol. The molecule has 0 aromatic carbocycles. The Bertz CT molecular complexity index is 363. The second-order valence-corrected chi connectivity index (χ2v) is 5.67. The molecule has 0 amide bonds. The van der Waals surface area contributed by atoms with E-state index in [1.54, 1.807) is 0 Å². The number of hydrogen-bond acceptors (Lipinski definition) is 2. The van der Waals surface area contributed by atoms with Crippen molar-refractivity contribution < 1.29 is 0 Å². The number of hydrogen-bond donors (Lipinski definition) is 0. The van der Waals surface area contributed by atoms with E-state index < -0.39 is 0 Å². The zero-order valence-electron chi connectivity index (χ0n) is 12.4. The summed E-state index contributed by atoms with van der Waals surface area (Å²) in [6, 6.07) is 0. The van der Waals surface area contributed by atoms with Crippen LogP contribution in [0.3, 0.4) is 0 Å². The van der Waals surface area contributed by atoms with Gasteiger partial charge < -0.3 is 4.90 Å². The molecule has 2 unspecified atom stereocenters. The van der Waals surface area contributed by atoms with Crippen molar-refractivity contribution in [2.75, 3.05) is 26.2 Å². The minimum Gasteiger partial charge on any atom is -0.372 e. The normalized spacial score (nSPS) is 33.3. The van der Waals surface area contributed by atoms with Crippen molar-refractivity contribution in [2.45, 2.75) is 39.7 Å². The van der Waals surface area contributed by atoms with E-state index in [0.717, 1.165) is 26.2 Å². The number of nitrogens with zero attached hydrogens (tertiary/aromatic N) is 2. The van der Waals surface area contributed by atoms with Gasteiger partial charge in [0.1, 0.15) is 0 Å². The predicted octanol–water partition coefficient (Wildman–Crippen LogP) is 3.09. The first-order valence-corrected chi connectivity index (χ1v) is 7.28. The van der Waals surface area contributed by atoms with E-state index in [1.165, 1.54) is 12.1 Å². The van der Waals surface area contributed by atoms with Crippen LogP contribution in [0, 0.1) is 12.3 Å². The molecule has 0 saturated heterocycles. The molecule has 2 aliphatic carbocycles. The molecule has 2 nitrogen and oxygen atoms in total. The van der Waals surface area contributed by atoms with Crippen LogP contribution in [0.25, 0.3) is 0 Å². The Morgan fingerprint density at radius 1 is 1.22 bits per heavy atom. The second kappa shape index (κ2) is 4.73. The highest BCUT2D eigenvalue weighted by Gasteiger charge is 2.65. The second-order valence-electron chi connectivity index (χ2n) is 5.67. The van der Waals surface area contributed by atoms with E-state index >= 15 is 0 Å². The van der Waals surface area contributed by atoms with Gasteiger partial charge in [0.2, 0.25) is 0 Å². The van der Waals surface area contributed by atoms with Gasteiger partial charge in [0.05, 0.1) is 0 Å². The third kappa shape index (κ3) is 1.82. The maximum atomic E-state index is 4.08. The minimum absolute atomic E-state index is 0.250. The lowest BCUT2D eigenvalue weighted by Crippen LogP contribution is -2.41. The average molecular weight is 247 g/mol. The van der Waals surface area contributed by atoms with Crippen molar-refractivity contribution >= 4 is 0 Å². The Balaban J connectivity index is 2.22. The quantitative estimate of drug-likeness (QED) is 0.711. The Kier molecular flexibility index (Phi) is 3.59. The third-order valence-electron chi connectivity index (χ3n) is 4.84. The molecule has 1 saturated carbocycles. The van der Waals surface area contributed by atoms with Gasteiger partial charge in [-0.25, -0.2) is 0 Å². The molecule has 2 atom stereocenters. The van der Waals surface area contributed by atoms with Crippen LogP contribution < -0.4 is 0 Å². The van der Waals surface area contributed by atoms with E-state index in [0.29, 0.717) is 5.41 Å². The fourth-order valence-electron chi connectivity index (χ4n) is 3.54. The topological polar surface area (TPSA) is 6.48 Å². The number of fused-ring (bicyclic) bond motifs is 1. The fourth-order valence-corrected chi connectivity index (χ4v) is 3.54. The van der Waals surface area contributed by atoms with E-state index in [1.807, 2.05) is 0 Å². The number of rotatable bonds is 6. The minimum atomic E-state index is 0.250. The molecular formula is C16H27N2. The Labute approximate surface area is 112 Å². The van der Waals surface area contributed by atoms with Crippen LogP contribution in [-0.4, -0.2) is 41.5 Å². The molecule has 0 spiro atoms. The summed E-state index contributed by atoms with van der Waals surface area (Å²) >= 11 is 0. The van der Waals surface area contributed by atoms with E-state index in [2.05, 4.69) is 62.6 Å². The molecule has 2 aliphatic rings. The smallest absolute Gasteiger partial charge is 0.0493 e. The van der Waals surface area contributed by atoms with E-state index in [-0.39, 0.29) is 5.54 Å². The first kappa shape index (κ1) is 13.7. The SMILES string of the molecule is [CH2]CN(CC)C12C=CC(N(CC)CC)=CC1(C)C2. The van der Waals surface area contributed by atoms with Gasteiger partial charge in [-0.3, -0.25) is 4.90 Å². The zero-order valence-corrected chi connectivity index (χ0v) is 12.4. The van der Waals surface area contributed by atoms with Crippen molar-refractivity contribution in [3.63, 3.8) is 0 Å². The highest BCUT2D eigenvalue weighted by atomic mass is 15.2. The van der Waals surface area contributed by atoms with Crippen LogP contribution >= 0.6 is 0 Å². The van der Waals surface area contributed by atoms with Gasteiger partial charge in [-0.05, 0) is 46.4 Å². The number of allylic oxidation sites excluding steroid dienone is 1.